The lowest BCUT2D eigenvalue weighted by atomic mass is 9.99. The van der Waals surface area contributed by atoms with E-state index in [1.165, 1.54) is 0 Å². The average Bonchev–Trinajstić information content (AvgIpc) is 3.25. The van der Waals surface area contributed by atoms with Crippen molar-refractivity contribution in [2.24, 2.45) is 0 Å². The number of benzene rings is 2. The fraction of sp³-hybridized carbons (Fsp3) is 0.250. The Morgan fingerprint density at radius 2 is 2.00 bits per heavy atom. The van der Waals surface area contributed by atoms with Crippen molar-refractivity contribution >= 4 is 28.4 Å². The van der Waals surface area contributed by atoms with Crippen molar-refractivity contribution in [3.8, 4) is 0 Å². The number of aromatic amines is 1. The number of H-pyrrole nitrogens is 1. The predicted octanol–water partition coefficient (Wildman–Crippen LogP) is 3.18. The van der Waals surface area contributed by atoms with Gasteiger partial charge < -0.3 is 10.2 Å². The quantitative estimate of drug-likeness (QED) is 0.725. The second kappa shape index (κ2) is 6.70. The van der Waals surface area contributed by atoms with E-state index in [9.17, 15) is 18.4 Å². The zero-order chi connectivity index (χ0) is 19.9. The van der Waals surface area contributed by atoms with Crippen LogP contribution in [-0.2, 0) is 9.59 Å². The Morgan fingerprint density at radius 3 is 2.71 bits per heavy atom. The van der Waals surface area contributed by atoms with E-state index in [1.807, 2.05) is 36.4 Å². The van der Waals surface area contributed by atoms with Crippen molar-refractivity contribution in [3.63, 3.8) is 0 Å². The molecule has 2 unspecified atom stereocenters. The highest BCUT2D eigenvalue weighted by Gasteiger charge is 2.45. The highest BCUT2D eigenvalue weighted by atomic mass is 19.3. The van der Waals surface area contributed by atoms with Crippen molar-refractivity contribution in [3.05, 3.63) is 60.3 Å². The molecule has 1 saturated heterocycles. The fourth-order valence-corrected chi connectivity index (χ4v) is 3.57. The van der Waals surface area contributed by atoms with E-state index in [-0.39, 0.29) is 12.3 Å². The molecule has 28 heavy (non-hydrogen) atoms. The second-order valence-electron chi connectivity index (χ2n) is 6.93. The number of nitrogens with one attached hydrogen (secondary N) is 2. The number of carbonyl (C=O) groups is 2. The number of halogens is 2. The van der Waals surface area contributed by atoms with Crippen LogP contribution in [-0.4, -0.2) is 34.0 Å². The molecular weight excluding hydrogens is 366 g/mol. The van der Waals surface area contributed by atoms with Gasteiger partial charge in [-0.05, 0) is 23.8 Å². The van der Waals surface area contributed by atoms with Crippen LogP contribution in [0, 0.1) is 0 Å². The molecule has 0 aliphatic carbocycles. The summed E-state index contributed by atoms with van der Waals surface area (Å²) in [5.74, 6) is -5.16. The van der Waals surface area contributed by atoms with E-state index in [0.29, 0.717) is 12.6 Å². The van der Waals surface area contributed by atoms with Gasteiger partial charge in [-0.15, -0.1) is 0 Å². The lowest BCUT2D eigenvalue weighted by Crippen LogP contribution is -2.46. The van der Waals surface area contributed by atoms with Crippen molar-refractivity contribution in [1.29, 1.82) is 0 Å². The van der Waals surface area contributed by atoms with E-state index in [1.54, 1.807) is 23.2 Å². The predicted molar refractivity (Wildman–Crippen MR) is 99.9 cm³/mol. The summed E-state index contributed by atoms with van der Waals surface area (Å²) < 4.78 is 26.9. The van der Waals surface area contributed by atoms with Crippen molar-refractivity contribution < 1.29 is 18.4 Å². The van der Waals surface area contributed by atoms with Gasteiger partial charge in [0.15, 0.2) is 0 Å². The van der Waals surface area contributed by atoms with Crippen LogP contribution in [0.5, 0.6) is 0 Å². The number of anilines is 1. The molecule has 144 valence electrons. The monoisotopic (exact) mass is 384 g/mol. The van der Waals surface area contributed by atoms with Gasteiger partial charge >= 0.3 is 5.92 Å². The number of rotatable bonds is 4. The Morgan fingerprint density at radius 1 is 1.25 bits per heavy atom. The molecule has 2 atom stereocenters. The molecule has 8 heteroatoms. The van der Waals surface area contributed by atoms with E-state index in [0.717, 1.165) is 16.5 Å². The minimum absolute atomic E-state index is 0.0647. The zero-order valence-corrected chi connectivity index (χ0v) is 15.0. The summed E-state index contributed by atoms with van der Waals surface area (Å²) in [6, 6.07) is 13.1. The lowest BCUT2D eigenvalue weighted by Gasteiger charge is -2.29. The van der Waals surface area contributed by atoms with Crippen LogP contribution < -0.4 is 10.2 Å². The van der Waals surface area contributed by atoms with Crippen molar-refractivity contribution in [2.75, 3.05) is 4.90 Å². The van der Waals surface area contributed by atoms with Crippen LogP contribution in [0.25, 0.3) is 10.9 Å². The third kappa shape index (κ3) is 3.21. The maximum absolute atomic E-state index is 13.4. The number of fused-ring (bicyclic) bond motifs is 1. The van der Waals surface area contributed by atoms with Crippen LogP contribution >= 0.6 is 0 Å². The van der Waals surface area contributed by atoms with E-state index >= 15 is 0 Å². The molecule has 1 aliphatic heterocycles. The first-order valence-electron chi connectivity index (χ1n) is 8.83. The summed E-state index contributed by atoms with van der Waals surface area (Å²) in [4.78, 5) is 26.3. The number of alkyl halides is 2. The van der Waals surface area contributed by atoms with Gasteiger partial charge in [0, 0.05) is 24.4 Å². The Labute approximate surface area is 159 Å². The Hall–Kier alpha value is -3.29. The third-order valence-electron chi connectivity index (χ3n) is 4.88. The van der Waals surface area contributed by atoms with Crippen LogP contribution in [0.4, 0.5) is 14.5 Å². The second-order valence-corrected chi connectivity index (χ2v) is 6.93. The van der Waals surface area contributed by atoms with Gasteiger partial charge in [0.1, 0.15) is 0 Å². The molecule has 0 saturated carbocycles. The molecule has 2 heterocycles. The number of carbonyl (C=O) groups excluding carboxylic acids is 2. The molecule has 6 nitrogen and oxygen atoms in total. The minimum Gasteiger partial charge on any atom is -0.345 e. The zero-order valence-electron chi connectivity index (χ0n) is 15.0. The van der Waals surface area contributed by atoms with Gasteiger partial charge in [0.05, 0.1) is 23.8 Å². The SMILES string of the molecule is CC(F)(F)C(=O)NC1CC(=O)N(c2ccc3[nH]ncc3c2)C1c1ccccc1. The summed E-state index contributed by atoms with van der Waals surface area (Å²) >= 11 is 0. The molecule has 0 spiro atoms. The maximum atomic E-state index is 13.4. The molecule has 1 fully saturated rings. The van der Waals surface area contributed by atoms with Gasteiger partial charge in [0.25, 0.3) is 5.91 Å². The van der Waals surface area contributed by atoms with Crippen LogP contribution in [0.2, 0.25) is 0 Å². The number of aromatic nitrogens is 2. The molecule has 2 N–H and O–H groups in total. The first-order chi connectivity index (χ1) is 13.3. The lowest BCUT2D eigenvalue weighted by molar-refractivity contribution is -0.143. The van der Waals surface area contributed by atoms with Gasteiger partial charge in [0.2, 0.25) is 5.91 Å². The molecule has 4 rings (SSSR count). The third-order valence-corrected chi connectivity index (χ3v) is 4.88. The largest absolute Gasteiger partial charge is 0.345 e. The Bertz CT molecular complexity index is 1030. The van der Waals surface area contributed by atoms with E-state index in [2.05, 4.69) is 15.5 Å². The summed E-state index contributed by atoms with van der Waals surface area (Å²) in [6.07, 6.45) is 1.58. The van der Waals surface area contributed by atoms with Gasteiger partial charge in [-0.3, -0.25) is 14.7 Å². The number of hydrogen-bond acceptors (Lipinski definition) is 3. The van der Waals surface area contributed by atoms with E-state index in [4.69, 9.17) is 0 Å². The maximum Gasteiger partial charge on any atom is 0.321 e. The normalized spacial score (nSPS) is 20.0. The van der Waals surface area contributed by atoms with Crippen molar-refractivity contribution in [2.45, 2.75) is 31.4 Å². The summed E-state index contributed by atoms with van der Waals surface area (Å²) in [6.45, 7) is 0.543. The summed E-state index contributed by atoms with van der Waals surface area (Å²) in [7, 11) is 0. The molecular formula is C20H18F2N4O2. The highest BCUT2D eigenvalue weighted by Crippen LogP contribution is 2.38. The fourth-order valence-electron chi connectivity index (χ4n) is 3.57. The number of nitrogens with zero attached hydrogens (tertiary/aromatic N) is 2. The average molecular weight is 384 g/mol. The van der Waals surface area contributed by atoms with Gasteiger partial charge in [-0.2, -0.15) is 13.9 Å². The first kappa shape index (κ1) is 18.1. The molecule has 1 aromatic heterocycles. The molecule has 0 bridgehead atoms. The van der Waals surface area contributed by atoms with Crippen LogP contribution in [0.3, 0.4) is 0 Å². The number of hydrogen-bond donors (Lipinski definition) is 2. The number of amides is 2. The van der Waals surface area contributed by atoms with Gasteiger partial charge in [-0.1, -0.05) is 30.3 Å². The molecule has 3 aromatic rings. The van der Waals surface area contributed by atoms with Crippen LogP contribution in [0.15, 0.2) is 54.7 Å². The smallest absolute Gasteiger partial charge is 0.321 e. The highest BCUT2D eigenvalue weighted by molar-refractivity contribution is 6.00. The van der Waals surface area contributed by atoms with Crippen LogP contribution in [0.1, 0.15) is 24.9 Å². The van der Waals surface area contributed by atoms with Crippen molar-refractivity contribution in [1.82, 2.24) is 15.5 Å². The minimum atomic E-state index is -3.52. The summed E-state index contributed by atoms with van der Waals surface area (Å²) in [5.41, 5.74) is 2.19. The standard InChI is InChI=1S/C20H18F2N4O2/c1-20(21,22)19(28)24-16-10-17(27)26(18(16)12-5-3-2-4-6-12)14-7-8-15-13(9-14)11-23-25-15/h2-9,11,16,18H,10H2,1H3,(H,23,25)(H,24,28). The topological polar surface area (TPSA) is 78.1 Å². The van der Waals surface area contributed by atoms with Gasteiger partial charge in [-0.25, -0.2) is 0 Å². The van der Waals surface area contributed by atoms with E-state index < -0.39 is 23.9 Å². The first-order valence-corrected chi connectivity index (χ1v) is 8.83. The molecule has 2 aromatic carbocycles. The Kier molecular flexibility index (Phi) is 4.33. The molecule has 2 amide bonds. The molecule has 1 aliphatic rings. The Balaban J connectivity index is 1.75. The summed E-state index contributed by atoms with van der Waals surface area (Å²) in [5, 5.41) is 10.0. The molecule has 0 radical (unpaired) electrons.